The quantitative estimate of drug-likeness (QED) is 0.196. The van der Waals surface area contributed by atoms with E-state index in [1.165, 1.54) is 0 Å². The molecule has 5 nitrogen and oxygen atoms in total. The highest BCUT2D eigenvalue weighted by Crippen LogP contribution is 2.61. The second-order valence-electron chi connectivity index (χ2n) is 17.2. The van der Waals surface area contributed by atoms with Crippen LogP contribution >= 0.6 is 0 Å². The van der Waals surface area contributed by atoms with E-state index in [1.807, 2.05) is 13.8 Å². The smallest absolute Gasteiger partial charge is 0.307 e. The lowest BCUT2D eigenvalue weighted by Gasteiger charge is -2.60. The maximum absolute atomic E-state index is 12.5. The van der Waals surface area contributed by atoms with Crippen molar-refractivity contribution in [3.63, 3.8) is 0 Å². The summed E-state index contributed by atoms with van der Waals surface area (Å²) in [5.74, 6) is -5.20. The Morgan fingerprint density at radius 1 is 0.725 bits per heavy atom. The van der Waals surface area contributed by atoms with Crippen molar-refractivity contribution in [3.05, 3.63) is 0 Å². The summed E-state index contributed by atoms with van der Waals surface area (Å²) in [6, 6.07) is 0. The van der Waals surface area contributed by atoms with E-state index in [0.717, 1.165) is 0 Å². The Hall–Kier alpha value is -0.970. The predicted molar refractivity (Wildman–Crippen MR) is 169 cm³/mol. The molecule has 2 N–H and O–H groups in total. The Balaban J connectivity index is 6.84. The first-order valence-electron chi connectivity index (χ1n) is 15.0. The fourth-order valence-electron chi connectivity index (χ4n) is 6.86. The molecule has 0 fully saturated rings. The van der Waals surface area contributed by atoms with Gasteiger partial charge in [0.05, 0.1) is 39.2 Å². The molecule has 0 aliphatic heterocycles. The molecular weight excluding hydrogens is 498 g/mol. The number of hydrogen-bond acceptors (Lipinski definition) is 3. The molecule has 40 heavy (non-hydrogen) atoms. The molecule has 7 heteroatoms. The fourth-order valence-corrected chi connectivity index (χ4v) is 6.86. The van der Waals surface area contributed by atoms with E-state index < -0.39 is 69.3 Å². The van der Waals surface area contributed by atoms with Crippen LogP contribution in [0.25, 0.3) is 0 Å². The maximum atomic E-state index is 12.5. The van der Waals surface area contributed by atoms with E-state index >= 15 is 0 Å². The molecule has 4 unspecified atom stereocenters. The van der Waals surface area contributed by atoms with Gasteiger partial charge >= 0.3 is 11.9 Å². The Bertz CT molecular complexity index is 878. The second kappa shape index (κ2) is 12.3. The van der Waals surface area contributed by atoms with Crippen molar-refractivity contribution < 1.29 is 24.5 Å². The molecule has 0 spiro atoms. The molecule has 230 valence electrons. The van der Waals surface area contributed by atoms with Crippen LogP contribution in [0.3, 0.4) is 0 Å². The first-order chi connectivity index (χ1) is 17.3. The molecule has 0 saturated heterocycles. The molecular formula is C33H62B2O5. The van der Waals surface area contributed by atoms with Crippen LogP contribution < -0.4 is 0 Å². The highest BCUT2D eigenvalue weighted by atomic mass is 16.5. The van der Waals surface area contributed by atoms with E-state index in [0.29, 0.717) is 12.3 Å². The van der Waals surface area contributed by atoms with Gasteiger partial charge in [0.25, 0.3) is 0 Å². The normalized spacial score (nSPS) is 17.9. The minimum absolute atomic E-state index is 0.114. The zero-order valence-electron chi connectivity index (χ0n) is 29.1. The maximum Gasteiger partial charge on any atom is 0.307 e. The van der Waals surface area contributed by atoms with Gasteiger partial charge in [-0.05, 0) is 73.0 Å². The largest absolute Gasteiger partial charge is 0.481 e. The molecule has 4 radical (unpaired) electrons. The second-order valence-corrected chi connectivity index (χ2v) is 17.2. The summed E-state index contributed by atoms with van der Waals surface area (Å²) in [7, 11) is 14.1. The lowest BCUT2D eigenvalue weighted by molar-refractivity contribution is -0.241. The van der Waals surface area contributed by atoms with E-state index in [9.17, 15) is 19.8 Å². The fraction of sp³-hybridized carbons (Fsp3) is 0.939. The van der Waals surface area contributed by atoms with Crippen molar-refractivity contribution in [3.8, 4) is 0 Å². The van der Waals surface area contributed by atoms with E-state index in [2.05, 4.69) is 104 Å². The topological polar surface area (TPSA) is 83.8 Å². The molecule has 0 aromatic carbocycles. The Labute approximate surface area is 250 Å². The van der Waals surface area contributed by atoms with E-state index in [1.54, 1.807) is 0 Å². The highest BCUT2D eigenvalue weighted by molar-refractivity contribution is 6.22. The number of carboxylic acid groups (broad SMARTS) is 2. The van der Waals surface area contributed by atoms with Crippen LogP contribution in [0.2, 0.25) is 11.6 Å². The van der Waals surface area contributed by atoms with Crippen LogP contribution in [-0.4, -0.2) is 49.0 Å². The summed E-state index contributed by atoms with van der Waals surface area (Å²) in [4.78, 5) is 24.4. The van der Waals surface area contributed by atoms with Gasteiger partial charge in [-0.3, -0.25) is 9.59 Å². The van der Waals surface area contributed by atoms with Crippen molar-refractivity contribution in [2.75, 3.05) is 0 Å². The van der Waals surface area contributed by atoms with Gasteiger partial charge in [0.1, 0.15) is 0 Å². The SMILES string of the molecule is [B]C(C(C(CC(=O)O)C(=O)O)C(C)(C)CC(C)(C)C)C([B])C(C)(C)C(C)(C)C(C)(C)OC(C)(C)C(C)(C)C(C)C. The Kier molecular flexibility index (Phi) is 12.0. The van der Waals surface area contributed by atoms with Gasteiger partial charge in [0, 0.05) is 0 Å². The van der Waals surface area contributed by atoms with E-state index in [-0.39, 0.29) is 10.8 Å². The standard InChI is InChI=1S/C33H62B2O5/c1-20(2)29(8,9)32(14,15)40-33(16,17)31(12,13)30(10,11)25(35)24(34)23(21(26(38)39)18-22(36)37)28(6,7)19-27(3,4)5/h20-21,23-25H,18-19H2,1-17H3,(H,36,37)(H,38,39). The Morgan fingerprint density at radius 2 is 1.15 bits per heavy atom. The summed E-state index contributed by atoms with van der Waals surface area (Å²) >= 11 is 0. The summed E-state index contributed by atoms with van der Waals surface area (Å²) in [5.41, 5.74) is -3.09. The van der Waals surface area contributed by atoms with Crippen LogP contribution in [0.1, 0.15) is 131 Å². The summed E-state index contributed by atoms with van der Waals surface area (Å²) in [6.45, 7) is 36.0. The lowest BCUT2D eigenvalue weighted by atomic mass is 9.41. The van der Waals surface area contributed by atoms with Crippen LogP contribution in [0.5, 0.6) is 0 Å². The summed E-state index contributed by atoms with van der Waals surface area (Å²) in [6.07, 6.45) is 0.149. The third-order valence-electron chi connectivity index (χ3n) is 11.3. The molecule has 0 aromatic heterocycles. The van der Waals surface area contributed by atoms with Crippen molar-refractivity contribution in [1.82, 2.24) is 0 Å². The van der Waals surface area contributed by atoms with Crippen LogP contribution in [0.4, 0.5) is 0 Å². The zero-order chi connectivity index (χ0) is 32.7. The number of hydrogen-bond donors (Lipinski definition) is 2. The zero-order valence-corrected chi connectivity index (χ0v) is 29.1. The van der Waals surface area contributed by atoms with Crippen LogP contribution in [0.15, 0.2) is 0 Å². The number of rotatable bonds is 15. The van der Waals surface area contributed by atoms with Gasteiger partial charge in [-0.25, -0.2) is 0 Å². The average Bonchev–Trinajstić information content (AvgIpc) is 2.68. The van der Waals surface area contributed by atoms with Gasteiger partial charge in [-0.1, -0.05) is 102 Å². The number of ether oxygens (including phenoxy) is 1. The summed E-state index contributed by atoms with van der Waals surface area (Å²) in [5, 5.41) is 19.9. The minimum Gasteiger partial charge on any atom is -0.481 e. The molecule has 0 aliphatic carbocycles. The molecule has 0 saturated carbocycles. The molecule has 0 aliphatic rings. The van der Waals surface area contributed by atoms with Crippen molar-refractivity contribution in [1.29, 1.82) is 0 Å². The van der Waals surface area contributed by atoms with Gasteiger partial charge in [-0.2, -0.15) is 0 Å². The monoisotopic (exact) mass is 560 g/mol. The van der Waals surface area contributed by atoms with Gasteiger partial charge in [-0.15, -0.1) is 0 Å². The minimum atomic E-state index is -1.18. The van der Waals surface area contributed by atoms with Crippen LogP contribution in [-0.2, 0) is 14.3 Å². The Morgan fingerprint density at radius 3 is 1.48 bits per heavy atom. The predicted octanol–water partition coefficient (Wildman–Crippen LogP) is 8.46. The molecule has 0 heterocycles. The third kappa shape index (κ3) is 8.32. The van der Waals surface area contributed by atoms with Gasteiger partial charge in [0.2, 0.25) is 0 Å². The average molecular weight is 560 g/mol. The third-order valence-corrected chi connectivity index (χ3v) is 11.3. The van der Waals surface area contributed by atoms with Gasteiger partial charge < -0.3 is 14.9 Å². The van der Waals surface area contributed by atoms with E-state index in [4.69, 9.17) is 20.4 Å². The number of aliphatic carboxylic acids is 2. The van der Waals surface area contributed by atoms with Crippen LogP contribution in [0, 0.1) is 44.8 Å². The molecule has 0 bridgehead atoms. The van der Waals surface area contributed by atoms with Crippen molar-refractivity contribution in [2.45, 2.75) is 153 Å². The van der Waals surface area contributed by atoms with Gasteiger partial charge in [0.15, 0.2) is 0 Å². The number of carboxylic acids is 2. The van der Waals surface area contributed by atoms with Crippen molar-refractivity contribution in [2.24, 2.45) is 44.8 Å². The molecule has 0 rings (SSSR count). The lowest BCUT2D eigenvalue weighted by Crippen LogP contribution is -2.59. The highest BCUT2D eigenvalue weighted by Gasteiger charge is 2.57. The molecule has 4 atom stereocenters. The molecule has 0 amide bonds. The molecule has 0 aromatic rings. The first kappa shape index (κ1) is 39.0. The first-order valence-corrected chi connectivity index (χ1v) is 15.0. The van der Waals surface area contributed by atoms with Crippen molar-refractivity contribution >= 4 is 27.6 Å². The summed E-state index contributed by atoms with van der Waals surface area (Å²) < 4.78 is 7.00. The number of carbonyl (C=O) groups is 2.